The van der Waals surface area contributed by atoms with Gasteiger partial charge in [-0.15, -0.1) is 22.7 Å². The summed E-state index contributed by atoms with van der Waals surface area (Å²) in [7, 11) is 0. The summed E-state index contributed by atoms with van der Waals surface area (Å²) in [5, 5.41) is 4.61. The number of hydrogen-bond acceptors (Lipinski definition) is 3. The molecule has 1 aromatic carbocycles. The van der Waals surface area contributed by atoms with Crippen molar-refractivity contribution in [3.05, 3.63) is 54.2 Å². The third kappa shape index (κ3) is 3.24. The second-order valence-corrected chi connectivity index (χ2v) is 9.47. The lowest BCUT2D eigenvalue weighted by molar-refractivity contribution is 0.630. The maximum atomic E-state index is 13.4. The lowest BCUT2D eigenvalue weighted by Gasteiger charge is -2.15. The average molecular weight is 449 g/mol. The van der Waals surface area contributed by atoms with Gasteiger partial charge in [-0.25, -0.2) is 4.39 Å². The molecule has 1 atom stereocenters. The van der Waals surface area contributed by atoms with Crippen molar-refractivity contribution in [2.75, 3.05) is 6.54 Å². The van der Waals surface area contributed by atoms with Crippen LogP contribution in [0.25, 0.3) is 10.1 Å². The Kier molecular flexibility index (Phi) is 4.81. The molecule has 3 aromatic rings. The highest BCUT2D eigenvalue weighted by Gasteiger charge is 2.20. The van der Waals surface area contributed by atoms with Gasteiger partial charge in [0.1, 0.15) is 5.82 Å². The molecule has 0 aliphatic carbocycles. The van der Waals surface area contributed by atoms with Crippen LogP contribution in [-0.2, 0) is 0 Å². The summed E-state index contributed by atoms with van der Waals surface area (Å²) >= 11 is 10.5. The van der Waals surface area contributed by atoms with E-state index in [0.29, 0.717) is 0 Å². The lowest BCUT2D eigenvalue weighted by Crippen LogP contribution is -2.20. The first-order valence-corrected chi connectivity index (χ1v) is 9.67. The highest BCUT2D eigenvalue weighted by atomic mass is 79.9. The first-order chi connectivity index (χ1) is 10.1. The summed E-state index contributed by atoms with van der Waals surface area (Å²) < 4.78 is 16.6. The number of halogens is 3. The van der Waals surface area contributed by atoms with Crippen LogP contribution in [0.15, 0.2) is 37.9 Å². The van der Waals surface area contributed by atoms with Gasteiger partial charge in [-0.1, -0.05) is 13.0 Å². The highest BCUT2D eigenvalue weighted by Crippen LogP contribution is 2.40. The average Bonchev–Trinajstić information content (AvgIpc) is 2.98. The van der Waals surface area contributed by atoms with E-state index in [4.69, 9.17) is 0 Å². The molecular weight excluding hydrogens is 437 g/mol. The van der Waals surface area contributed by atoms with Gasteiger partial charge in [-0.3, -0.25) is 0 Å². The summed E-state index contributed by atoms with van der Waals surface area (Å²) in [6, 6.07) is 9.35. The molecule has 3 rings (SSSR count). The van der Waals surface area contributed by atoms with Gasteiger partial charge in [0.25, 0.3) is 0 Å². The molecule has 1 nitrogen and oxygen atoms in total. The molecule has 2 aromatic heterocycles. The first kappa shape index (κ1) is 15.6. The maximum absolute atomic E-state index is 13.4. The molecule has 0 saturated heterocycles. The quantitative estimate of drug-likeness (QED) is 0.491. The Hall–Kier alpha value is -0.270. The summed E-state index contributed by atoms with van der Waals surface area (Å²) in [5.74, 6) is -0.185. The van der Waals surface area contributed by atoms with Gasteiger partial charge in [0, 0.05) is 15.1 Å². The Labute approximate surface area is 147 Å². The predicted octanol–water partition coefficient (Wildman–Crippen LogP) is 6.33. The minimum absolute atomic E-state index is 0.118. The lowest BCUT2D eigenvalue weighted by atomic mass is 10.1. The third-order valence-corrected chi connectivity index (χ3v) is 6.74. The molecule has 1 N–H and O–H groups in total. The van der Waals surface area contributed by atoms with Crippen molar-refractivity contribution in [3.63, 3.8) is 0 Å². The Morgan fingerprint density at radius 3 is 2.67 bits per heavy atom. The monoisotopic (exact) mass is 447 g/mol. The van der Waals surface area contributed by atoms with Crippen molar-refractivity contribution < 1.29 is 4.39 Å². The van der Waals surface area contributed by atoms with Crippen LogP contribution in [-0.4, -0.2) is 6.54 Å². The number of fused-ring (bicyclic) bond motifs is 1. The SMILES string of the molecule is CCNC(c1cc2ccc(F)cc2s1)c1cc(Br)sc1Br. The molecule has 6 heteroatoms. The van der Waals surface area contributed by atoms with E-state index in [1.54, 1.807) is 28.7 Å². The first-order valence-electron chi connectivity index (χ1n) is 6.45. The Balaban J connectivity index is 2.08. The molecule has 0 radical (unpaired) electrons. The summed E-state index contributed by atoms with van der Waals surface area (Å²) in [6.07, 6.45) is 0. The second kappa shape index (κ2) is 6.46. The highest BCUT2D eigenvalue weighted by molar-refractivity contribution is 9.12. The predicted molar refractivity (Wildman–Crippen MR) is 97.0 cm³/mol. The molecule has 0 amide bonds. The normalized spacial score (nSPS) is 13.0. The molecule has 0 aliphatic heterocycles. The standard InChI is InChI=1S/C15H12Br2FNS2/c1-2-19-14(10-7-13(16)21-15(10)17)12-5-8-3-4-9(18)6-11(8)20-12/h3-7,14,19H,2H2,1H3. The maximum Gasteiger partial charge on any atom is 0.124 e. The Morgan fingerprint density at radius 2 is 2.00 bits per heavy atom. The van der Waals surface area contributed by atoms with Crippen molar-refractivity contribution in [3.8, 4) is 0 Å². The Morgan fingerprint density at radius 1 is 1.19 bits per heavy atom. The van der Waals surface area contributed by atoms with Gasteiger partial charge in [-0.2, -0.15) is 0 Å². The van der Waals surface area contributed by atoms with Crippen LogP contribution >= 0.6 is 54.5 Å². The molecular formula is C15H12Br2FNS2. The van der Waals surface area contributed by atoms with Crippen LogP contribution in [0.5, 0.6) is 0 Å². The fraction of sp³-hybridized carbons (Fsp3) is 0.200. The molecule has 0 bridgehead atoms. The van der Waals surface area contributed by atoms with E-state index in [0.717, 1.165) is 24.2 Å². The van der Waals surface area contributed by atoms with Crippen LogP contribution in [0.3, 0.4) is 0 Å². The number of rotatable bonds is 4. The zero-order valence-electron chi connectivity index (χ0n) is 11.1. The van der Waals surface area contributed by atoms with Crippen LogP contribution < -0.4 is 5.32 Å². The van der Waals surface area contributed by atoms with E-state index in [9.17, 15) is 4.39 Å². The van der Waals surface area contributed by atoms with Crippen LogP contribution in [0, 0.1) is 5.82 Å². The van der Waals surface area contributed by atoms with Gasteiger partial charge in [0.2, 0.25) is 0 Å². The molecule has 2 heterocycles. The molecule has 0 aliphatic rings. The van der Waals surface area contributed by atoms with Gasteiger partial charge in [-0.05, 0) is 68.1 Å². The third-order valence-electron chi connectivity index (χ3n) is 3.19. The topological polar surface area (TPSA) is 12.0 Å². The largest absolute Gasteiger partial charge is 0.306 e. The number of thiophene rings is 2. The van der Waals surface area contributed by atoms with E-state index in [1.165, 1.54) is 16.5 Å². The van der Waals surface area contributed by atoms with Crippen molar-refractivity contribution in [2.24, 2.45) is 0 Å². The second-order valence-electron chi connectivity index (χ2n) is 4.60. The summed E-state index contributed by atoms with van der Waals surface area (Å²) in [4.78, 5) is 1.20. The van der Waals surface area contributed by atoms with Crippen LogP contribution in [0.1, 0.15) is 23.4 Å². The molecule has 1 unspecified atom stereocenters. The fourth-order valence-electron chi connectivity index (χ4n) is 2.29. The van der Waals surface area contributed by atoms with Crippen LogP contribution in [0.4, 0.5) is 4.39 Å². The van der Waals surface area contributed by atoms with Gasteiger partial charge in [0.15, 0.2) is 0 Å². The van der Waals surface area contributed by atoms with Crippen LogP contribution in [0.2, 0.25) is 0 Å². The van der Waals surface area contributed by atoms with Gasteiger partial charge < -0.3 is 5.32 Å². The van der Waals surface area contributed by atoms with Crippen molar-refractivity contribution in [1.82, 2.24) is 5.32 Å². The van der Waals surface area contributed by atoms with E-state index in [-0.39, 0.29) is 11.9 Å². The molecule has 0 fully saturated rings. The zero-order chi connectivity index (χ0) is 15.0. The van der Waals surface area contributed by atoms with Gasteiger partial charge in [0.05, 0.1) is 13.6 Å². The Bertz CT molecular complexity index is 781. The van der Waals surface area contributed by atoms with E-state index in [2.05, 4.69) is 56.2 Å². The molecule has 21 heavy (non-hydrogen) atoms. The molecule has 110 valence electrons. The molecule has 0 spiro atoms. The van der Waals surface area contributed by atoms with Crippen molar-refractivity contribution in [1.29, 1.82) is 0 Å². The smallest absolute Gasteiger partial charge is 0.124 e. The van der Waals surface area contributed by atoms with E-state index in [1.807, 2.05) is 6.07 Å². The van der Waals surface area contributed by atoms with Gasteiger partial charge >= 0.3 is 0 Å². The fourth-order valence-corrected chi connectivity index (χ4v) is 6.37. The number of benzene rings is 1. The summed E-state index contributed by atoms with van der Waals surface area (Å²) in [5.41, 5.74) is 1.21. The number of nitrogens with one attached hydrogen (secondary N) is 1. The van der Waals surface area contributed by atoms with Crippen molar-refractivity contribution in [2.45, 2.75) is 13.0 Å². The summed E-state index contributed by atoms with van der Waals surface area (Å²) in [6.45, 7) is 2.96. The minimum atomic E-state index is -0.185. The number of hydrogen-bond donors (Lipinski definition) is 1. The minimum Gasteiger partial charge on any atom is -0.306 e. The zero-order valence-corrected chi connectivity index (χ0v) is 15.9. The molecule has 0 saturated carbocycles. The van der Waals surface area contributed by atoms with E-state index < -0.39 is 0 Å². The van der Waals surface area contributed by atoms with Crippen molar-refractivity contribution >= 4 is 64.6 Å². The van der Waals surface area contributed by atoms with E-state index >= 15 is 0 Å².